The first-order valence-corrected chi connectivity index (χ1v) is 8.45. The predicted octanol–water partition coefficient (Wildman–Crippen LogP) is 4.22. The summed E-state index contributed by atoms with van der Waals surface area (Å²) in [4.78, 5) is 12.4. The van der Waals surface area contributed by atoms with Gasteiger partial charge in [-0.15, -0.1) is 11.3 Å². The molecule has 1 heterocycles. The van der Waals surface area contributed by atoms with Crippen molar-refractivity contribution < 1.29 is 18.3 Å². The van der Waals surface area contributed by atoms with Crippen LogP contribution in [0.4, 0.5) is 13.2 Å². The van der Waals surface area contributed by atoms with Crippen molar-refractivity contribution in [1.29, 1.82) is 0 Å². The Hall–Kier alpha value is -2.52. The summed E-state index contributed by atoms with van der Waals surface area (Å²) in [6, 6.07) is 0. The molecule has 0 fully saturated rings. The molecule has 0 aliphatic heterocycles. The lowest BCUT2D eigenvalue weighted by Crippen LogP contribution is -2.29. The molecule has 0 aliphatic carbocycles. The van der Waals surface area contributed by atoms with Gasteiger partial charge in [-0.2, -0.15) is 13.2 Å². The van der Waals surface area contributed by atoms with Crippen LogP contribution in [0.2, 0.25) is 0 Å². The zero-order valence-corrected chi connectivity index (χ0v) is 15.9. The largest absolute Gasteiger partial charge is 0.430 e. The number of nitrogens with one attached hydrogen (secondary N) is 1. The van der Waals surface area contributed by atoms with Gasteiger partial charge < -0.3 is 10.4 Å². The number of aromatic nitrogens is 1. The average molecular weight is 398 g/mol. The standard InChI is InChI=1S/C18H21F3N4OS/c1-7-13(25-16(22-6)24-12(3)18(19,20)21)8-11(2)14-9-23-15(27-14)17(4,5)10-26/h7-9,26H,1-3,6,10H2,4-5H3,(H,24,25)/b13-8+. The number of aliphatic hydroxyl groups is 1. The molecule has 0 spiro atoms. The van der Waals surface area contributed by atoms with E-state index in [0.29, 0.717) is 5.57 Å². The molecule has 27 heavy (non-hydrogen) atoms. The van der Waals surface area contributed by atoms with E-state index in [1.54, 1.807) is 6.20 Å². The molecule has 0 saturated heterocycles. The van der Waals surface area contributed by atoms with Gasteiger partial charge in [0.15, 0.2) is 0 Å². The number of hydrogen-bond acceptors (Lipinski definition) is 4. The summed E-state index contributed by atoms with van der Waals surface area (Å²) in [5, 5.41) is 12.1. The van der Waals surface area contributed by atoms with Crippen LogP contribution in [0, 0.1) is 0 Å². The number of alkyl halides is 3. The number of rotatable bonds is 7. The molecule has 2 N–H and O–H groups in total. The molecular weight excluding hydrogens is 377 g/mol. The first-order chi connectivity index (χ1) is 12.4. The minimum Gasteiger partial charge on any atom is -0.395 e. The fourth-order valence-electron chi connectivity index (χ4n) is 1.62. The third-order valence-corrected chi connectivity index (χ3v) is 4.76. The van der Waals surface area contributed by atoms with Crippen LogP contribution in [0.15, 0.2) is 59.5 Å². The molecule has 146 valence electrons. The quantitative estimate of drug-likeness (QED) is 0.410. The van der Waals surface area contributed by atoms with Crippen molar-refractivity contribution in [3.63, 3.8) is 0 Å². The van der Waals surface area contributed by atoms with Gasteiger partial charge in [-0.05, 0) is 24.4 Å². The maximum absolute atomic E-state index is 12.6. The van der Waals surface area contributed by atoms with Gasteiger partial charge in [-0.3, -0.25) is 0 Å². The van der Waals surface area contributed by atoms with E-state index < -0.39 is 17.3 Å². The van der Waals surface area contributed by atoms with E-state index in [9.17, 15) is 18.3 Å². The lowest BCUT2D eigenvalue weighted by molar-refractivity contribution is -0.0944. The molecule has 5 nitrogen and oxygen atoms in total. The summed E-state index contributed by atoms with van der Waals surface area (Å²) in [6.07, 6.45) is -0.157. The molecular formula is C18H21F3N4OS. The van der Waals surface area contributed by atoms with Crippen LogP contribution < -0.4 is 5.32 Å². The van der Waals surface area contributed by atoms with E-state index in [1.807, 2.05) is 19.2 Å². The molecule has 0 bridgehead atoms. The molecule has 1 rings (SSSR count). The fourth-order valence-corrected chi connectivity index (χ4v) is 2.57. The smallest absolute Gasteiger partial charge is 0.395 e. The second kappa shape index (κ2) is 8.92. The van der Waals surface area contributed by atoms with Crippen molar-refractivity contribution in [1.82, 2.24) is 10.3 Å². The Bertz CT molecular complexity index is 804. The molecule has 0 aliphatic rings. The zero-order chi connectivity index (χ0) is 20.8. The number of aliphatic imine (C=N–C) groups is 2. The number of nitrogens with zero attached hydrogens (tertiary/aromatic N) is 3. The van der Waals surface area contributed by atoms with E-state index in [1.165, 1.54) is 23.5 Å². The van der Waals surface area contributed by atoms with E-state index in [0.717, 1.165) is 9.88 Å². The Morgan fingerprint density at radius 2 is 2.00 bits per heavy atom. The van der Waals surface area contributed by atoms with Gasteiger partial charge in [0, 0.05) is 11.6 Å². The Labute approximate surface area is 160 Å². The van der Waals surface area contributed by atoms with E-state index in [2.05, 4.69) is 41.4 Å². The number of thiazole rings is 1. The van der Waals surface area contributed by atoms with Gasteiger partial charge in [0.05, 0.1) is 17.2 Å². The number of aliphatic hydroxyl groups excluding tert-OH is 1. The number of allylic oxidation sites excluding steroid dienone is 4. The summed E-state index contributed by atoms with van der Waals surface area (Å²) in [6.45, 7) is 17.2. The molecule has 0 unspecified atom stereocenters. The van der Waals surface area contributed by atoms with E-state index >= 15 is 0 Å². The molecule has 1 aromatic heterocycles. The minimum absolute atomic E-state index is 0.0619. The molecule has 0 aromatic carbocycles. The highest BCUT2D eigenvalue weighted by Gasteiger charge is 2.32. The normalized spacial score (nSPS) is 13.3. The number of halogens is 3. The molecule has 0 saturated carbocycles. The van der Waals surface area contributed by atoms with E-state index in [-0.39, 0.29) is 18.3 Å². The van der Waals surface area contributed by atoms with Crippen molar-refractivity contribution in [2.45, 2.75) is 25.4 Å². The van der Waals surface area contributed by atoms with Crippen LogP contribution >= 0.6 is 11.3 Å². The summed E-state index contributed by atoms with van der Waals surface area (Å²) in [5.41, 5.74) is -0.951. The number of hydrogen-bond donors (Lipinski definition) is 2. The van der Waals surface area contributed by atoms with Crippen LogP contribution in [-0.2, 0) is 5.41 Å². The van der Waals surface area contributed by atoms with Crippen LogP contribution in [0.3, 0.4) is 0 Å². The van der Waals surface area contributed by atoms with Gasteiger partial charge in [-0.25, -0.2) is 15.0 Å². The fraction of sp³-hybridized carbons (Fsp3) is 0.278. The molecule has 0 radical (unpaired) electrons. The van der Waals surface area contributed by atoms with Crippen molar-refractivity contribution in [3.8, 4) is 0 Å². The summed E-state index contributed by atoms with van der Waals surface area (Å²) < 4.78 is 37.7. The van der Waals surface area contributed by atoms with Gasteiger partial charge >= 0.3 is 6.18 Å². The van der Waals surface area contributed by atoms with Gasteiger partial charge in [-0.1, -0.05) is 33.6 Å². The van der Waals surface area contributed by atoms with Crippen molar-refractivity contribution in [3.05, 3.63) is 59.4 Å². The van der Waals surface area contributed by atoms with Gasteiger partial charge in [0.2, 0.25) is 5.96 Å². The van der Waals surface area contributed by atoms with Crippen molar-refractivity contribution in [2.75, 3.05) is 6.61 Å². The van der Waals surface area contributed by atoms with Gasteiger partial charge in [0.25, 0.3) is 0 Å². The van der Waals surface area contributed by atoms with Crippen molar-refractivity contribution in [2.24, 2.45) is 9.98 Å². The average Bonchev–Trinajstić information content (AvgIpc) is 3.10. The molecule has 1 aromatic rings. The highest BCUT2D eigenvalue weighted by atomic mass is 32.1. The SMILES string of the molecule is C=C/C(=C\C(=C)c1cnc(C(C)(C)CO)s1)N=C(N=C)NC(=C)C(F)(F)F. The zero-order valence-electron chi connectivity index (χ0n) is 15.1. The molecule has 0 amide bonds. The Morgan fingerprint density at radius 3 is 2.48 bits per heavy atom. The van der Waals surface area contributed by atoms with Crippen molar-refractivity contribution >= 4 is 29.6 Å². The molecule has 0 atom stereocenters. The second-order valence-corrected chi connectivity index (χ2v) is 7.10. The summed E-state index contributed by atoms with van der Waals surface area (Å²) in [5.74, 6) is -0.373. The first-order valence-electron chi connectivity index (χ1n) is 7.63. The summed E-state index contributed by atoms with van der Waals surface area (Å²) >= 11 is 1.35. The maximum Gasteiger partial charge on any atom is 0.430 e. The maximum atomic E-state index is 12.6. The van der Waals surface area contributed by atoms with Crippen LogP contribution in [0.1, 0.15) is 23.7 Å². The van der Waals surface area contributed by atoms with Crippen LogP contribution in [0.5, 0.6) is 0 Å². The summed E-state index contributed by atoms with van der Waals surface area (Å²) in [7, 11) is 0. The highest BCUT2D eigenvalue weighted by molar-refractivity contribution is 7.12. The Kier molecular flexibility index (Phi) is 7.44. The lowest BCUT2D eigenvalue weighted by Gasteiger charge is -2.17. The Morgan fingerprint density at radius 1 is 1.37 bits per heavy atom. The first kappa shape index (κ1) is 22.5. The third-order valence-electron chi connectivity index (χ3n) is 3.32. The predicted molar refractivity (Wildman–Crippen MR) is 105 cm³/mol. The minimum atomic E-state index is -4.63. The number of guanidine groups is 1. The lowest BCUT2D eigenvalue weighted by atomic mass is 9.96. The van der Waals surface area contributed by atoms with Crippen LogP contribution in [0.25, 0.3) is 5.57 Å². The van der Waals surface area contributed by atoms with Gasteiger partial charge in [0.1, 0.15) is 10.7 Å². The Balaban J connectivity index is 3.08. The third kappa shape index (κ3) is 6.30. The monoisotopic (exact) mass is 398 g/mol. The van der Waals surface area contributed by atoms with E-state index in [4.69, 9.17) is 0 Å². The highest BCUT2D eigenvalue weighted by Crippen LogP contribution is 2.31. The second-order valence-electron chi connectivity index (χ2n) is 6.07. The topological polar surface area (TPSA) is 69.9 Å². The molecule has 9 heteroatoms. The van der Waals surface area contributed by atoms with Crippen LogP contribution in [-0.4, -0.2) is 35.6 Å².